The van der Waals surface area contributed by atoms with Crippen molar-refractivity contribution in [1.29, 1.82) is 0 Å². The summed E-state index contributed by atoms with van der Waals surface area (Å²) < 4.78 is 24.7. The number of thiophene rings is 1. The van der Waals surface area contributed by atoms with Gasteiger partial charge >= 0.3 is 0 Å². The lowest BCUT2D eigenvalue weighted by atomic mass is 10.4. The normalized spacial score (nSPS) is 11.4. The molecule has 18 heavy (non-hydrogen) atoms. The molecule has 2 rings (SSSR count). The van der Waals surface area contributed by atoms with E-state index in [9.17, 15) is 13.2 Å². The van der Waals surface area contributed by atoms with E-state index in [-0.39, 0.29) is 9.79 Å². The molecule has 1 heterocycles. The van der Waals surface area contributed by atoms with Gasteiger partial charge in [0, 0.05) is 9.90 Å². The zero-order valence-corrected chi connectivity index (χ0v) is 11.8. The summed E-state index contributed by atoms with van der Waals surface area (Å²) in [6.07, 6.45) is 0.647. The minimum absolute atomic E-state index is 0.133. The van der Waals surface area contributed by atoms with E-state index < -0.39 is 9.84 Å². The van der Waals surface area contributed by atoms with Crippen LogP contribution in [-0.2, 0) is 9.84 Å². The van der Waals surface area contributed by atoms with E-state index in [1.54, 1.807) is 19.1 Å². The average Bonchev–Trinajstić information content (AvgIpc) is 2.71. The molecule has 0 radical (unpaired) electrons. The van der Waals surface area contributed by atoms with Crippen LogP contribution >= 0.6 is 22.9 Å². The first-order chi connectivity index (χ1) is 8.45. The van der Waals surface area contributed by atoms with Gasteiger partial charge < -0.3 is 0 Å². The molecule has 6 heteroatoms. The number of benzene rings is 1. The van der Waals surface area contributed by atoms with E-state index in [1.165, 1.54) is 18.2 Å². The predicted octanol–water partition coefficient (Wildman–Crippen LogP) is 3.36. The molecule has 0 aliphatic carbocycles. The molecule has 1 aromatic carbocycles. The van der Waals surface area contributed by atoms with Crippen molar-refractivity contribution < 1.29 is 13.2 Å². The van der Waals surface area contributed by atoms with E-state index >= 15 is 0 Å². The van der Waals surface area contributed by atoms with E-state index in [2.05, 4.69) is 0 Å². The molecule has 0 saturated carbocycles. The second-order valence-electron chi connectivity index (χ2n) is 3.65. The van der Waals surface area contributed by atoms with Crippen LogP contribution in [0.4, 0.5) is 0 Å². The summed E-state index contributed by atoms with van der Waals surface area (Å²) in [4.78, 5) is 12.0. The molecular formula is C12H9ClO3S2. The van der Waals surface area contributed by atoms with Gasteiger partial charge in [0.25, 0.3) is 0 Å². The highest BCUT2D eigenvalue weighted by Crippen LogP contribution is 2.30. The minimum atomic E-state index is -3.61. The van der Waals surface area contributed by atoms with E-state index in [1.807, 2.05) is 0 Å². The Bertz CT molecular complexity index is 702. The molecule has 1 aromatic heterocycles. The van der Waals surface area contributed by atoms with Crippen molar-refractivity contribution in [1.82, 2.24) is 0 Å². The maximum atomic E-state index is 12.4. The highest BCUT2D eigenvalue weighted by Gasteiger charge is 2.22. The van der Waals surface area contributed by atoms with Crippen molar-refractivity contribution in [3.05, 3.63) is 45.1 Å². The summed E-state index contributed by atoms with van der Waals surface area (Å²) in [6, 6.07) is 7.46. The Morgan fingerprint density at radius 1 is 1.28 bits per heavy atom. The number of carbonyl (C=O) groups excluding carboxylic acids is 1. The van der Waals surface area contributed by atoms with Crippen LogP contribution in [0.3, 0.4) is 0 Å². The number of hydrogen-bond acceptors (Lipinski definition) is 4. The van der Waals surface area contributed by atoms with Crippen LogP contribution < -0.4 is 0 Å². The quantitative estimate of drug-likeness (QED) is 0.817. The summed E-state index contributed by atoms with van der Waals surface area (Å²) in [7, 11) is -3.61. The third-order valence-corrected chi connectivity index (χ3v) is 5.62. The first-order valence-corrected chi connectivity index (χ1v) is 7.69. The fraction of sp³-hybridized carbons (Fsp3) is 0.0833. The van der Waals surface area contributed by atoms with Gasteiger partial charge in [0.15, 0.2) is 6.29 Å². The molecule has 0 bridgehead atoms. The Hall–Kier alpha value is -1.17. The van der Waals surface area contributed by atoms with Gasteiger partial charge in [0.2, 0.25) is 9.84 Å². The molecule has 0 spiro atoms. The highest BCUT2D eigenvalue weighted by atomic mass is 35.5. The SMILES string of the molecule is Cc1sc(C=O)cc1S(=O)(=O)c1cccc(Cl)c1. The van der Waals surface area contributed by atoms with E-state index in [0.717, 1.165) is 11.3 Å². The lowest BCUT2D eigenvalue weighted by molar-refractivity contribution is 0.112. The highest BCUT2D eigenvalue weighted by molar-refractivity contribution is 7.91. The average molecular weight is 301 g/mol. The van der Waals surface area contributed by atoms with Crippen LogP contribution in [0.5, 0.6) is 0 Å². The topological polar surface area (TPSA) is 51.2 Å². The second-order valence-corrected chi connectivity index (χ2v) is 7.29. The number of hydrogen-bond donors (Lipinski definition) is 0. The van der Waals surface area contributed by atoms with Gasteiger partial charge in [-0.1, -0.05) is 17.7 Å². The van der Waals surface area contributed by atoms with Gasteiger partial charge in [-0.2, -0.15) is 0 Å². The molecule has 0 fully saturated rings. The molecule has 0 saturated heterocycles. The first kappa shape index (κ1) is 13.3. The number of halogens is 1. The number of aryl methyl sites for hydroxylation is 1. The van der Waals surface area contributed by atoms with Crippen molar-refractivity contribution >= 4 is 39.1 Å². The maximum absolute atomic E-state index is 12.4. The van der Waals surface area contributed by atoms with Crippen molar-refractivity contribution in [3.63, 3.8) is 0 Å². The van der Waals surface area contributed by atoms with Crippen LogP contribution in [0.1, 0.15) is 14.5 Å². The molecule has 0 atom stereocenters. The van der Waals surface area contributed by atoms with Gasteiger partial charge in [0.05, 0.1) is 14.7 Å². The molecule has 0 N–H and O–H groups in total. The predicted molar refractivity (Wildman–Crippen MR) is 71.3 cm³/mol. The molecule has 94 valence electrons. The number of carbonyl (C=O) groups is 1. The first-order valence-electron chi connectivity index (χ1n) is 5.01. The second kappa shape index (κ2) is 4.84. The zero-order chi connectivity index (χ0) is 13.3. The summed E-state index contributed by atoms with van der Waals surface area (Å²) in [5.41, 5.74) is 0. The van der Waals surface area contributed by atoms with Crippen LogP contribution in [0.15, 0.2) is 40.1 Å². The number of rotatable bonds is 3. The summed E-state index contributed by atoms with van der Waals surface area (Å²) in [6.45, 7) is 1.68. The van der Waals surface area contributed by atoms with Crippen LogP contribution in [0.25, 0.3) is 0 Å². The Balaban J connectivity index is 2.61. The Morgan fingerprint density at radius 2 is 2.00 bits per heavy atom. The monoisotopic (exact) mass is 300 g/mol. The number of aldehydes is 1. The smallest absolute Gasteiger partial charge is 0.207 e. The Morgan fingerprint density at radius 3 is 2.56 bits per heavy atom. The minimum Gasteiger partial charge on any atom is -0.297 e. The van der Waals surface area contributed by atoms with Gasteiger partial charge in [0.1, 0.15) is 0 Å². The van der Waals surface area contributed by atoms with Gasteiger partial charge in [-0.05, 0) is 31.2 Å². The molecule has 0 aliphatic rings. The Labute approximate surface area is 114 Å². The molecule has 3 nitrogen and oxygen atoms in total. The summed E-state index contributed by atoms with van der Waals surface area (Å²) >= 11 is 6.95. The van der Waals surface area contributed by atoms with E-state index in [4.69, 9.17) is 11.6 Å². The van der Waals surface area contributed by atoms with Crippen molar-refractivity contribution in [2.24, 2.45) is 0 Å². The van der Waals surface area contributed by atoms with Crippen LogP contribution in [-0.4, -0.2) is 14.7 Å². The molecular weight excluding hydrogens is 292 g/mol. The molecule has 0 unspecified atom stereocenters. The third kappa shape index (κ3) is 2.34. The van der Waals surface area contributed by atoms with Crippen LogP contribution in [0.2, 0.25) is 5.02 Å². The van der Waals surface area contributed by atoms with Gasteiger partial charge in [-0.3, -0.25) is 4.79 Å². The van der Waals surface area contributed by atoms with Crippen LogP contribution in [0, 0.1) is 6.92 Å². The summed E-state index contributed by atoms with van der Waals surface area (Å²) in [5.74, 6) is 0. The third-order valence-electron chi connectivity index (χ3n) is 2.40. The maximum Gasteiger partial charge on any atom is 0.207 e. The molecule has 0 amide bonds. The fourth-order valence-electron chi connectivity index (χ4n) is 1.57. The van der Waals surface area contributed by atoms with Gasteiger partial charge in [-0.25, -0.2) is 8.42 Å². The van der Waals surface area contributed by atoms with Crippen molar-refractivity contribution in [3.8, 4) is 0 Å². The molecule has 0 aliphatic heterocycles. The largest absolute Gasteiger partial charge is 0.297 e. The van der Waals surface area contributed by atoms with Crippen molar-refractivity contribution in [2.45, 2.75) is 16.7 Å². The zero-order valence-electron chi connectivity index (χ0n) is 9.38. The van der Waals surface area contributed by atoms with E-state index in [0.29, 0.717) is 21.1 Å². The van der Waals surface area contributed by atoms with Crippen molar-refractivity contribution in [2.75, 3.05) is 0 Å². The lowest BCUT2D eigenvalue weighted by Gasteiger charge is -2.03. The number of sulfone groups is 1. The Kier molecular flexibility index (Phi) is 3.56. The fourth-order valence-corrected chi connectivity index (χ4v) is 4.55. The van der Waals surface area contributed by atoms with Gasteiger partial charge in [-0.15, -0.1) is 11.3 Å². The molecule has 2 aromatic rings. The standard InChI is InChI=1S/C12H9ClO3S2/c1-8-12(6-10(7-14)17-8)18(15,16)11-4-2-3-9(13)5-11/h2-7H,1H3. The summed E-state index contributed by atoms with van der Waals surface area (Å²) in [5, 5.41) is 0.361. The lowest BCUT2D eigenvalue weighted by Crippen LogP contribution is -2.01.